The Morgan fingerprint density at radius 1 is 1.41 bits per heavy atom. The zero-order chi connectivity index (χ0) is 12.5. The van der Waals surface area contributed by atoms with Gasteiger partial charge in [-0.2, -0.15) is 0 Å². The highest BCUT2D eigenvalue weighted by atomic mass is 32.1. The molecule has 0 spiro atoms. The Balaban J connectivity index is 2.14. The molecule has 1 aromatic carbocycles. The lowest BCUT2D eigenvalue weighted by molar-refractivity contribution is 0.406. The van der Waals surface area contributed by atoms with E-state index < -0.39 is 0 Å². The number of aromatic nitrogens is 1. The summed E-state index contributed by atoms with van der Waals surface area (Å²) in [6.45, 7) is 7.93. The molecule has 3 nitrogen and oxygen atoms in total. The van der Waals surface area contributed by atoms with Crippen LogP contribution in [0.5, 0.6) is 0 Å². The molecule has 0 unspecified atom stereocenters. The molecule has 4 heteroatoms. The van der Waals surface area contributed by atoms with Gasteiger partial charge in [-0.3, -0.25) is 0 Å². The zero-order valence-electron chi connectivity index (χ0n) is 10.6. The maximum atomic E-state index is 5.72. The van der Waals surface area contributed by atoms with E-state index in [-0.39, 0.29) is 5.41 Å². The maximum absolute atomic E-state index is 5.72. The summed E-state index contributed by atoms with van der Waals surface area (Å²) < 4.78 is 1.23. The van der Waals surface area contributed by atoms with E-state index in [1.807, 2.05) is 6.92 Å². The second-order valence-corrected chi connectivity index (χ2v) is 6.37. The van der Waals surface area contributed by atoms with E-state index in [1.54, 1.807) is 11.3 Å². The van der Waals surface area contributed by atoms with Gasteiger partial charge >= 0.3 is 0 Å². The zero-order valence-corrected chi connectivity index (χ0v) is 11.4. The highest BCUT2D eigenvalue weighted by molar-refractivity contribution is 7.18. The third kappa shape index (κ3) is 2.96. The quantitative estimate of drug-likeness (QED) is 0.875. The van der Waals surface area contributed by atoms with Gasteiger partial charge in [-0.1, -0.05) is 13.8 Å². The number of rotatable bonds is 4. The number of nitrogens with one attached hydrogen (secondary N) is 1. The van der Waals surface area contributed by atoms with Crippen molar-refractivity contribution in [3.63, 3.8) is 0 Å². The van der Waals surface area contributed by atoms with Crippen molar-refractivity contribution < 1.29 is 0 Å². The third-order valence-corrected chi connectivity index (χ3v) is 3.75. The third-order valence-electron chi connectivity index (χ3n) is 2.82. The van der Waals surface area contributed by atoms with Gasteiger partial charge in [0.25, 0.3) is 0 Å². The molecule has 0 atom stereocenters. The van der Waals surface area contributed by atoms with Crippen molar-refractivity contribution in [2.45, 2.75) is 20.8 Å². The molecule has 0 saturated carbocycles. The smallest absolute Gasteiger partial charge is 0.0907 e. The SMILES string of the molecule is Cc1nc2ccc(NCC(C)(C)CN)cc2s1. The Hall–Kier alpha value is -1.13. The number of aryl methyl sites for hydroxylation is 1. The van der Waals surface area contributed by atoms with E-state index in [2.05, 4.69) is 42.3 Å². The molecule has 92 valence electrons. The summed E-state index contributed by atoms with van der Waals surface area (Å²) in [7, 11) is 0. The van der Waals surface area contributed by atoms with Gasteiger partial charge in [0.1, 0.15) is 0 Å². The van der Waals surface area contributed by atoms with E-state index >= 15 is 0 Å². The first-order chi connectivity index (χ1) is 8.00. The molecule has 0 aliphatic rings. The van der Waals surface area contributed by atoms with Crippen LogP contribution in [-0.2, 0) is 0 Å². The molecule has 2 rings (SSSR count). The Labute approximate surface area is 106 Å². The summed E-state index contributed by atoms with van der Waals surface area (Å²) in [4.78, 5) is 4.45. The van der Waals surface area contributed by atoms with Crippen LogP contribution in [0.1, 0.15) is 18.9 Å². The molecule has 1 heterocycles. The molecule has 0 saturated heterocycles. The minimum atomic E-state index is 0.124. The van der Waals surface area contributed by atoms with Crippen molar-refractivity contribution >= 4 is 27.2 Å². The predicted molar refractivity (Wildman–Crippen MR) is 75.7 cm³/mol. The van der Waals surface area contributed by atoms with E-state index in [0.717, 1.165) is 22.8 Å². The second-order valence-electron chi connectivity index (χ2n) is 5.14. The van der Waals surface area contributed by atoms with Crippen LogP contribution in [0.4, 0.5) is 5.69 Å². The highest BCUT2D eigenvalue weighted by Gasteiger charge is 2.14. The number of benzene rings is 1. The van der Waals surface area contributed by atoms with Crippen molar-refractivity contribution in [1.82, 2.24) is 4.98 Å². The minimum Gasteiger partial charge on any atom is -0.384 e. The summed E-state index contributed by atoms with van der Waals surface area (Å²) in [5.74, 6) is 0. The predicted octanol–water partition coefficient (Wildman–Crippen LogP) is 3.00. The number of anilines is 1. The summed E-state index contributed by atoms with van der Waals surface area (Å²) in [6, 6.07) is 6.30. The van der Waals surface area contributed by atoms with Crippen molar-refractivity contribution in [2.24, 2.45) is 11.1 Å². The van der Waals surface area contributed by atoms with Gasteiger partial charge in [-0.25, -0.2) is 4.98 Å². The molecule has 1 aromatic heterocycles. The van der Waals surface area contributed by atoms with Crippen molar-refractivity contribution in [1.29, 1.82) is 0 Å². The van der Waals surface area contributed by atoms with E-state index in [4.69, 9.17) is 5.73 Å². The first-order valence-electron chi connectivity index (χ1n) is 5.81. The van der Waals surface area contributed by atoms with Crippen molar-refractivity contribution in [2.75, 3.05) is 18.4 Å². The van der Waals surface area contributed by atoms with Crippen LogP contribution in [0, 0.1) is 12.3 Å². The molecular weight excluding hydrogens is 230 g/mol. The topological polar surface area (TPSA) is 50.9 Å². The first kappa shape index (κ1) is 12.3. The Morgan fingerprint density at radius 2 is 2.18 bits per heavy atom. The Bertz CT molecular complexity index is 516. The molecule has 3 N–H and O–H groups in total. The lowest BCUT2D eigenvalue weighted by Crippen LogP contribution is -2.31. The average molecular weight is 249 g/mol. The van der Waals surface area contributed by atoms with E-state index in [0.29, 0.717) is 6.54 Å². The fourth-order valence-corrected chi connectivity index (χ4v) is 2.43. The molecule has 2 aromatic rings. The second kappa shape index (κ2) is 4.63. The van der Waals surface area contributed by atoms with E-state index in [1.165, 1.54) is 4.70 Å². The van der Waals surface area contributed by atoms with Crippen LogP contribution < -0.4 is 11.1 Å². The number of hydrogen-bond donors (Lipinski definition) is 2. The molecule has 0 aliphatic carbocycles. The minimum absolute atomic E-state index is 0.124. The number of hydrogen-bond acceptors (Lipinski definition) is 4. The molecule has 0 bridgehead atoms. The normalized spacial score (nSPS) is 12.0. The summed E-state index contributed by atoms with van der Waals surface area (Å²) >= 11 is 1.73. The summed E-state index contributed by atoms with van der Waals surface area (Å²) in [5.41, 5.74) is 8.06. The molecule has 0 radical (unpaired) electrons. The fraction of sp³-hybridized carbons (Fsp3) is 0.462. The lowest BCUT2D eigenvalue weighted by Gasteiger charge is -2.23. The van der Waals surface area contributed by atoms with Crippen LogP contribution in [0.15, 0.2) is 18.2 Å². The van der Waals surface area contributed by atoms with Gasteiger partial charge in [0.05, 0.1) is 15.2 Å². The van der Waals surface area contributed by atoms with Crippen LogP contribution in [0.2, 0.25) is 0 Å². The van der Waals surface area contributed by atoms with E-state index in [9.17, 15) is 0 Å². The Morgan fingerprint density at radius 3 is 2.88 bits per heavy atom. The largest absolute Gasteiger partial charge is 0.384 e. The number of fused-ring (bicyclic) bond motifs is 1. The number of thiazole rings is 1. The summed E-state index contributed by atoms with van der Waals surface area (Å²) in [5, 5.41) is 4.55. The standard InChI is InChI=1S/C13H19N3S/c1-9-16-11-5-4-10(6-12(11)17-9)15-8-13(2,3)7-14/h4-6,15H,7-8,14H2,1-3H3. The van der Waals surface area contributed by atoms with Crippen molar-refractivity contribution in [3.8, 4) is 0 Å². The van der Waals surface area contributed by atoms with Gasteiger partial charge in [0.15, 0.2) is 0 Å². The van der Waals surface area contributed by atoms with Crippen LogP contribution >= 0.6 is 11.3 Å². The van der Waals surface area contributed by atoms with Gasteiger partial charge in [0, 0.05) is 12.2 Å². The molecule has 0 fully saturated rings. The van der Waals surface area contributed by atoms with Gasteiger partial charge in [-0.15, -0.1) is 11.3 Å². The van der Waals surface area contributed by atoms with Crippen LogP contribution in [0.25, 0.3) is 10.2 Å². The van der Waals surface area contributed by atoms with Gasteiger partial charge in [-0.05, 0) is 37.1 Å². The highest BCUT2D eigenvalue weighted by Crippen LogP contribution is 2.25. The Kier molecular flexibility index (Phi) is 3.35. The fourth-order valence-electron chi connectivity index (χ4n) is 1.56. The summed E-state index contributed by atoms with van der Waals surface area (Å²) in [6.07, 6.45) is 0. The molecule has 0 amide bonds. The maximum Gasteiger partial charge on any atom is 0.0907 e. The lowest BCUT2D eigenvalue weighted by atomic mass is 9.94. The number of nitrogens with two attached hydrogens (primary N) is 1. The molecule has 0 aliphatic heterocycles. The van der Waals surface area contributed by atoms with Crippen molar-refractivity contribution in [3.05, 3.63) is 23.2 Å². The first-order valence-corrected chi connectivity index (χ1v) is 6.63. The monoisotopic (exact) mass is 249 g/mol. The van der Waals surface area contributed by atoms with Crippen LogP contribution in [0.3, 0.4) is 0 Å². The van der Waals surface area contributed by atoms with Gasteiger partial charge in [0.2, 0.25) is 0 Å². The average Bonchev–Trinajstić information content (AvgIpc) is 2.66. The van der Waals surface area contributed by atoms with Crippen LogP contribution in [-0.4, -0.2) is 18.1 Å². The number of nitrogens with zero attached hydrogens (tertiary/aromatic N) is 1. The van der Waals surface area contributed by atoms with Gasteiger partial charge < -0.3 is 11.1 Å². The molecule has 17 heavy (non-hydrogen) atoms. The molecular formula is C13H19N3S.